The molecule has 2 aromatic carbocycles. The first-order chi connectivity index (χ1) is 11.8. The Morgan fingerprint density at radius 3 is 2.58 bits per heavy atom. The van der Waals surface area contributed by atoms with Crippen LogP contribution in [0.15, 0.2) is 76.1 Å². The van der Waals surface area contributed by atoms with Crippen molar-refractivity contribution in [2.45, 2.75) is 12.8 Å². The monoisotopic (exact) mass is 316 g/mol. The third-order valence-electron chi connectivity index (χ3n) is 4.05. The SMILES string of the molecule is O=c1ccc(Cc2cc(Cc3ccccc3)c3occc3c2)n[nH]1. The molecule has 0 saturated heterocycles. The minimum Gasteiger partial charge on any atom is -0.464 e. The Labute approximate surface area is 138 Å². The van der Waals surface area contributed by atoms with Crippen LogP contribution in [-0.4, -0.2) is 10.2 Å². The lowest BCUT2D eigenvalue weighted by Crippen LogP contribution is -2.07. The average Bonchev–Trinajstić information content (AvgIpc) is 3.07. The number of aromatic nitrogens is 2. The van der Waals surface area contributed by atoms with Gasteiger partial charge in [0.25, 0.3) is 5.56 Å². The lowest BCUT2D eigenvalue weighted by molar-refractivity contribution is 0.612. The maximum absolute atomic E-state index is 11.1. The predicted octanol–water partition coefficient (Wildman–Crippen LogP) is 3.70. The van der Waals surface area contributed by atoms with Gasteiger partial charge in [0.05, 0.1) is 12.0 Å². The van der Waals surface area contributed by atoms with Gasteiger partial charge in [-0.1, -0.05) is 36.4 Å². The van der Waals surface area contributed by atoms with E-state index in [0.717, 1.165) is 34.2 Å². The standard InChI is InChI=1S/C20H16N2O2/c23-19-7-6-18(21-22-19)13-15-11-16-8-9-24-20(16)17(12-15)10-14-4-2-1-3-5-14/h1-9,11-12H,10,13H2,(H,22,23). The molecule has 0 bridgehead atoms. The Bertz CT molecular complexity index is 1010. The first-order valence-electron chi connectivity index (χ1n) is 7.85. The van der Waals surface area contributed by atoms with E-state index < -0.39 is 0 Å². The number of fused-ring (bicyclic) bond motifs is 1. The van der Waals surface area contributed by atoms with Crippen LogP contribution in [0.3, 0.4) is 0 Å². The summed E-state index contributed by atoms with van der Waals surface area (Å²) in [5.74, 6) is 0. The summed E-state index contributed by atoms with van der Waals surface area (Å²) in [4.78, 5) is 11.1. The largest absolute Gasteiger partial charge is 0.464 e. The average molecular weight is 316 g/mol. The molecule has 0 aliphatic heterocycles. The molecule has 0 aliphatic carbocycles. The second kappa shape index (κ2) is 6.16. The van der Waals surface area contributed by atoms with Gasteiger partial charge in [0.2, 0.25) is 0 Å². The van der Waals surface area contributed by atoms with Crippen LogP contribution < -0.4 is 5.56 Å². The summed E-state index contributed by atoms with van der Waals surface area (Å²) >= 11 is 0. The molecule has 4 rings (SSSR count). The highest BCUT2D eigenvalue weighted by molar-refractivity contribution is 5.81. The van der Waals surface area contributed by atoms with Crippen molar-refractivity contribution in [1.29, 1.82) is 0 Å². The molecule has 4 aromatic rings. The van der Waals surface area contributed by atoms with Gasteiger partial charge in [0.1, 0.15) is 5.58 Å². The Kier molecular flexibility index (Phi) is 3.71. The fourth-order valence-electron chi connectivity index (χ4n) is 2.95. The lowest BCUT2D eigenvalue weighted by Gasteiger charge is -2.07. The van der Waals surface area contributed by atoms with Gasteiger partial charge in [-0.25, -0.2) is 5.10 Å². The van der Waals surface area contributed by atoms with Crippen molar-refractivity contribution >= 4 is 11.0 Å². The number of hydrogen-bond acceptors (Lipinski definition) is 3. The minimum atomic E-state index is -0.186. The van der Waals surface area contributed by atoms with Crippen LogP contribution in [0.4, 0.5) is 0 Å². The molecule has 0 spiro atoms. The third-order valence-corrected chi connectivity index (χ3v) is 4.05. The molecule has 4 nitrogen and oxygen atoms in total. The van der Waals surface area contributed by atoms with Gasteiger partial charge in [-0.3, -0.25) is 4.79 Å². The molecule has 4 heteroatoms. The van der Waals surface area contributed by atoms with E-state index in [1.165, 1.54) is 11.6 Å². The van der Waals surface area contributed by atoms with Crippen molar-refractivity contribution in [1.82, 2.24) is 10.2 Å². The molecule has 0 unspecified atom stereocenters. The maximum atomic E-state index is 11.1. The van der Waals surface area contributed by atoms with Gasteiger partial charge >= 0.3 is 0 Å². The van der Waals surface area contributed by atoms with Crippen LogP contribution in [-0.2, 0) is 12.8 Å². The first kappa shape index (κ1) is 14.5. The highest BCUT2D eigenvalue weighted by atomic mass is 16.3. The van der Waals surface area contributed by atoms with Crippen LogP contribution in [0.1, 0.15) is 22.4 Å². The van der Waals surface area contributed by atoms with Crippen molar-refractivity contribution in [3.63, 3.8) is 0 Å². The van der Waals surface area contributed by atoms with Gasteiger partial charge in [-0.2, -0.15) is 5.10 Å². The Balaban J connectivity index is 1.71. The summed E-state index contributed by atoms with van der Waals surface area (Å²) in [7, 11) is 0. The number of furan rings is 1. The normalized spacial score (nSPS) is 11.0. The molecule has 24 heavy (non-hydrogen) atoms. The number of hydrogen-bond donors (Lipinski definition) is 1. The van der Waals surface area contributed by atoms with Crippen LogP contribution in [0, 0.1) is 0 Å². The second-order valence-electron chi connectivity index (χ2n) is 5.85. The lowest BCUT2D eigenvalue weighted by atomic mass is 9.98. The zero-order chi connectivity index (χ0) is 16.4. The summed E-state index contributed by atoms with van der Waals surface area (Å²) in [6, 6.07) is 19.9. The van der Waals surface area contributed by atoms with E-state index in [9.17, 15) is 4.79 Å². The van der Waals surface area contributed by atoms with Crippen molar-refractivity contribution in [3.05, 3.63) is 99.7 Å². The van der Waals surface area contributed by atoms with Crippen molar-refractivity contribution in [2.24, 2.45) is 0 Å². The van der Waals surface area contributed by atoms with Crippen LogP contribution in [0.2, 0.25) is 0 Å². The molecule has 0 saturated carbocycles. The number of aromatic amines is 1. The fraction of sp³-hybridized carbons (Fsp3) is 0.100. The van der Waals surface area contributed by atoms with Gasteiger partial charge in [-0.15, -0.1) is 0 Å². The van der Waals surface area contributed by atoms with Gasteiger partial charge < -0.3 is 4.42 Å². The van der Waals surface area contributed by atoms with Crippen molar-refractivity contribution < 1.29 is 4.42 Å². The molecular formula is C20H16N2O2. The molecule has 2 heterocycles. The fourth-order valence-corrected chi connectivity index (χ4v) is 2.95. The molecule has 1 N–H and O–H groups in total. The Morgan fingerprint density at radius 1 is 0.917 bits per heavy atom. The van der Waals surface area contributed by atoms with Gasteiger partial charge in [0, 0.05) is 29.9 Å². The number of nitrogens with zero attached hydrogens (tertiary/aromatic N) is 1. The highest BCUT2D eigenvalue weighted by Gasteiger charge is 2.09. The molecule has 2 aromatic heterocycles. The van der Waals surface area contributed by atoms with E-state index in [-0.39, 0.29) is 5.56 Å². The first-order valence-corrected chi connectivity index (χ1v) is 7.85. The summed E-state index contributed by atoms with van der Waals surface area (Å²) in [6.07, 6.45) is 3.21. The summed E-state index contributed by atoms with van der Waals surface area (Å²) in [5, 5.41) is 7.66. The summed E-state index contributed by atoms with van der Waals surface area (Å²) in [5.41, 5.74) is 5.13. The van der Waals surface area contributed by atoms with E-state index in [2.05, 4.69) is 34.5 Å². The predicted molar refractivity (Wildman–Crippen MR) is 93.1 cm³/mol. The van der Waals surface area contributed by atoms with E-state index in [1.54, 1.807) is 12.3 Å². The van der Waals surface area contributed by atoms with Gasteiger partial charge in [-0.05, 0) is 29.3 Å². The van der Waals surface area contributed by atoms with Crippen LogP contribution >= 0.6 is 0 Å². The molecule has 0 aliphatic rings. The van der Waals surface area contributed by atoms with Crippen molar-refractivity contribution in [3.8, 4) is 0 Å². The van der Waals surface area contributed by atoms with E-state index in [4.69, 9.17) is 4.42 Å². The number of rotatable bonds is 4. The quantitative estimate of drug-likeness (QED) is 0.624. The Hall–Kier alpha value is -3.14. The number of H-pyrrole nitrogens is 1. The zero-order valence-corrected chi connectivity index (χ0v) is 13.0. The molecule has 0 amide bonds. The van der Waals surface area contributed by atoms with Gasteiger partial charge in [0.15, 0.2) is 0 Å². The van der Waals surface area contributed by atoms with E-state index in [1.807, 2.05) is 24.3 Å². The molecule has 118 valence electrons. The smallest absolute Gasteiger partial charge is 0.264 e. The van der Waals surface area contributed by atoms with Crippen LogP contribution in [0.25, 0.3) is 11.0 Å². The van der Waals surface area contributed by atoms with E-state index >= 15 is 0 Å². The topological polar surface area (TPSA) is 58.9 Å². The number of benzene rings is 2. The Morgan fingerprint density at radius 2 is 1.79 bits per heavy atom. The van der Waals surface area contributed by atoms with E-state index in [0.29, 0.717) is 6.42 Å². The second-order valence-corrected chi connectivity index (χ2v) is 5.85. The molecule has 0 radical (unpaired) electrons. The highest BCUT2D eigenvalue weighted by Crippen LogP contribution is 2.25. The number of nitrogens with one attached hydrogen (secondary N) is 1. The van der Waals surface area contributed by atoms with Crippen LogP contribution in [0.5, 0.6) is 0 Å². The molecular weight excluding hydrogens is 300 g/mol. The minimum absolute atomic E-state index is 0.186. The molecule has 0 atom stereocenters. The van der Waals surface area contributed by atoms with Crippen molar-refractivity contribution in [2.75, 3.05) is 0 Å². The zero-order valence-electron chi connectivity index (χ0n) is 13.0. The maximum Gasteiger partial charge on any atom is 0.264 e. The molecule has 0 fully saturated rings. The summed E-state index contributed by atoms with van der Waals surface area (Å²) in [6.45, 7) is 0. The third kappa shape index (κ3) is 2.99. The summed E-state index contributed by atoms with van der Waals surface area (Å²) < 4.78 is 5.68.